The molecule has 156 valence electrons. The highest BCUT2D eigenvalue weighted by Crippen LogP contribution is 2.31. The van der Waals surface area contributed by atoms with Gasteiger partial charge >= 0.3 is 0 Å². The molecule has 0 spiro atoms. The third-order valence-electron chi connectivity index (χ3n) is 5.19. The van der Waals surface area contributed by atoms with E-state index >= 15 is 0 Å². The SMILES string of the molecule is O=C(NCCCCc1ccccc1)c1cc(-c2ccc(Cl)cc2Cl)nc2ccccc12. The highest BCUT2D eigenvalue weighted by atomic mass is 35.5. The number of hydrogen-bond acceptors (Lipinski definition) is 2. The lowest BCUT2D eigenvalue weighted by molar-refractivity contribution is 0.0954. The lowest BCUT2D eigenvalue weighted by Crippen LogP contribution is -2.25. The minimum absolute atomic E-state index is 0.107. The molecule has 3 nitrogen and oxygen atoms in total. The van der Waals surface area contributed by atoms with Crippen LogP contribution in [0.4, 0.5) is 0 Å². The van der Waals surface area contributed by atoms with Crippen LogP contribution in [0.15, 0.2) is 78.9 Å². The van der Waals surface area contributed by atoms with Crippen LogP contribution < -0.4 is 5.32 Å². The van der Waals surface area contributed by atoms with Crippen molar-refractivity contribution >= 4 is 40.0 Å². The fraction of sp³-hybridized carbons (Fsp3) is 0.154. The van der Waals surface area contributed by atoms with E-state index in [1.807, 2.05) is 36.4 Å². The average Bonchev–Trinajstić information content (AvgIpc) is 2.78. The van der Waals surface area contributed by atoms with Crippen LogP contribution in [0.5, 0.6) is 0 Å². The van der Waals surface area contributed by atoms with Crippen molar-refractivity contribution in [2.45, 2.75) is 19.3 Å². The Morgan fingerprint density at radius 1 is 0.871 bits per heavy atom. The van der Waals surface area contributed by atoms with Crippen LogP contribution >= 0.6 is 23.2 Å². The first kappa shape index (κ1) is 21.4. The van der Waals surface area contributed by atoms with Crippen LogP contribution in [0.25, 0.3) is 22.2 Å². The number of nitrogens with zero attached hydrogens (tertiary/aromatic N) is 1. The number of para-hydroxylation sites is 1. The predicted molar refractivity (Wildman–Crippen MR) is 129 cm³/mol. The van der Waals surface area contributed by atoms with Crippen LogP contribution in [-0.2, 0) is 6.42 Å². The fourth-order valence-corrected chi connectivity index (χ4v) is 4.10. The average molecular weight is 449 g/mol. The zero-order valence-corrected chi connectivity index (χ0v) is 18.5. The van der Waals surface area contributed by atoms with Crippen molar-refractivity contribution in [3.05, 3.63) is 100 Å². The summed E-state index contributed by atoms with van der Waals surface area (Å²) in [6.07, 6.45) is 2.95. The van der Waals surface area contributed by atoms with E-state index in [0.29, 0.717) is 27.8 Å². The first-order chi connectivity index (χ1) is 15.1. The highest BCUT2D eigenvalue weighted by molar-refractivity contribution is 6.36. The number of carbonyl (C=O) groups is 1. The molecule has 3 aromatic carbocycles. The van der Waals surface area contributed by atoms with Gasteiger partial charge in [0.25, 0.3) is 5.91 Å². The Bertz CT molecular complexity index is 1210. The standard InChI is InChI=1S/C26H22Cl2N2O/c27-19-13-14-21(23(28)16-19)25-17-22(20-11-4-5-12-24(20)30-25)26(31)29-15-7-6-10-18-8-2-1-3-9-18/h1-5,8-9,11-14,16-17H,6-7,10,15H2,(H,29,31). The van der Waals surface area contributed by atoms with Gasteiger partial charge in [-0.25, -0.2) is 4.98 Å². The number of unbranched alkanes of at least 4 members (excludes halogenated alkanes) is 1. The summed E-state index contributed by atoms with van der Waals surface area (Å²) >= 11 is 12.4. The zero-order chi connectivity index (χ0) is 21.6. The number of fused-ring (bicyclic) bond motifs is 1. The quantitative estimate of drug-likeness (QED) is 0.310. The second-order valence-corrected chi connectivity index (χ2v) is 8.24. The molecule has 1 aromatic heterocycles. The topological polar surface area (TPSA) is 42.0 Å². The van der Waals surface area contributed by atoms with Gasteiger partial charge in [0.2, 0.25) is 0 Å². The van der Waals surface area contributed by atoms with E-state index in [1.54, 1.807) is 18.2 Å². The largest absolute Gasteiger partial charge is 0.352 e. The maximum Gasteiger partial charge on any atom is 0.252 e. The van der Waals surface area contributed by atoms with E-state index in [0.717, 1.165) is 35.7 Å². The van der Waals surface area contributed by atoms with E-state index < -0.39 is 0 Å². The number of pyridine rings is 1. The Kier molecular flexibility index (Phi) is 6.86. The Morgan fingerprint density at radius 3 is 2.45 bits per heavy atom. The van der Waals surface area contributed by atoms with Crippen molar-refractivity contribution in [1.82, 2.24) is 10.3 Å². The monoisotopic (exact) mass is 448 g/mol. The van der Waals surface area contributed by atoms with Gasteiger partial charge in [-0.2, -0.15) is 0 Å². The van der Waals surface area contributed by atoms with Crippen molar-refractivity contribution < 1.29 is 4.79 Å². The number of rotatable bonds is 7. The number of nitrogens with one attached hydrogen (secondary N) is 1. The van der Waals surface area contributed by atoms with E-state index in [9.17, 15) is 4.79 Å². The van der Waals surface area contributed by atoms with Crippen LogP contribution in [0.2, 0.25) is 10.0 Å². The summed E-state index contributed by atoms with van der Waals surface area (Å²) in [5.74, 6) is -0.107. The molecule has 0 bridgehead atoms. The molecule has 0 aliphatic rings. The molecular weight excluding hydrogens is 427 g/mol. The first-order valence-electron chi connectivity index (χ1n) is 10.3. The van der Waals surface area contributed by atoms with Gasteiger partial charge in [0, 0.05) is 22.5 Å². The lowest BCUT2D eigenvalue weighted by Gasteiger charge is -2.12. The zero-order valence-electron chi connectivity index (χ0n) is 16.9. The molecule has 5 heteroatoms. The van der Waals surface area contributed by atoms with Crippen LogP contribution in [0, 0.1) is 0 Å². The van der Waals surface area contributed by atoms with Gasteiger partial charge in [0.05, 0.1) is 21.8 Å². The predicted octanol–water partition coefficient (Wildman–Crippen LogP) is 6.96. The number of carbonyl (C=O) groups excluding carboxylic acids is 1. The molecule has 0 radical (unpaired) electrons. The van der Waals surface area contributed by atoms with Crippen molar-refractivity contribution in [1.29, 1.82) is 0 Å². The molecule has 0 aliphatic heterocycles. The Labute approximate surface area is 192 Å². The number of amides is 1. The van der Waals surface area contributed by atoms with Crippen LogP contribution in [-0.4, -0.2) is 17.4 Å². The molecular formula is C26H22Cl2N2O. The molecule has 1 N–H and O–H groups in total. The summed E-state index contributed by atoms with van der Waals surface area (Å²) in [6.45, 7) is 0.624. The van der Waals surface area contributed by atoms with E-state index in [4.69, 9.17) is 28.2 Å². The molecule has 4 rings (SSSR count). The molecule has 0 aliphatic carbocycles. The first-order valence-corrected chi connectivity index (χ1v) is 11.0. The summed E-state index contributed by atoms with van der Waals surface area (Å²) in [7, 11) is 0. The second kappa shape index (κ2) is 9.95. The van der Waals surface area contributed by atoms with Gasteiger partial charge in [-0.1, -0.05) is 71.7 Å². The number of aryl methyl sites for hydroxylation is 1. The molecule has 0 unspecified atom stereocenters. The van der Waals surface area contributed by atoms with Gasteiger partial charge in [-0.05, 0) is 55.2 Å². The normalized spacial score (nSPS) is 10.9. The summed E-state index contributed by atoms with van der Waals surface area (Å²) in [4.78, 5) is 17.7. The molecule has 0 atom stereocenters. The van der Waals surface area contributed by atoms with Crippen LogP contribution in [0.1, 0.15) is 28.8 Å². The highest BCUT2D eigenvalue weighted by Gasteiger charge is 2.15. The van der Waals surface area contributed by atoms with E-state index in [2.05, 4.69) is 29.6 Å². The smallest absolute Gasteiger partial charge is 0.252 e. The van der Waals surface area contributed by atoms with Gasteiger partial charge < -0.3 is 5.32 Å². The van der Waals surface area contributed by atoms with Gasteiger partial charge in [-0.3, -0.25) is 4.79 Å². The molecule has 1 heterocycles. The minimum atomic E-state index is -0.107. The van der Waals surface area contributed by atoms with Crippen molar-refractivity contribution in [3.8, 4) is 11.3 Å². The summed E-state index contributed by atoms with van der Waals surface area (Å²) in [5.41, 5.74) is 4.05. The maximum absolute atomic E-state index is 13.0. The molecule has 0 fully saturated rings. The summed E-state index contributed by atoms with van der Waals surface area (Å²) in [6, 6.07) is 25.1. The number of hydrogen-bond donors (Lipinski definition) is 1. The summed E-state index contributed by atoms with van der Waals surface area (Å²) in [5, 5.41) is 4.94. The maximum atomic E-state index is 13.0. The molecule has 0 saturated carbocycles. The fourth-order valence-electron chi connectivity index (χ4n) is 3.59. The summed E-state index contributed by atoms with van der Waals surface area (Å²) < 4.78 is 0. The Balaban J connectivity index is 1.51. The second-order valence-electron chi connectivity index (χ2n) is 7.39. The third-order valence-corrected chi connectivity index (χ3v) is 5.74. The molecule has 31 heavy (non-hydrogen) atoms. The minimum Gasteiger partial charge on any atom is -0.352 e. The number of benzene rings is 3. The number of aromatic nitrogens is 1. The van der Waals surface area contributed by atoms with Crippen molar-refractivity contribution in [2.24, 2.45) is 0 Å². The van der Waals surface area contributed by atoms with Gasteiger partial charge in [-0.15, -0.1) is 0 Å². The molecule has 4 aromatic rings. The van der Waals surface area contributed by atoms with Crippen molar-refractivity contribution in [3.63, 3.8) is 0 Å². The molecule has 0 saturated heterocycles. The Hall–Kier alpha value is -2.88. The Morgan fingerprint density at radius 2 is 1.65 bits per heavy atom. The third kappa shape index (κ3) is 5.25. The lowest BCUT2D eigenvalue weighted by atomic mass is 10.0. The van der Waals surface area contributed by atoms with Gasteiger partial charge in [0.1, 0.15) is 0 Å². The van der Waals surface area contributed by atoms with Gasteiger partial charge in [0.15, 0.2) is 0 Å². The van der Waals surface area contributed by atoms with E-state index in [1.165, 1.54) is 5.56 Å². The van der Waals surface area contributed by atoms with Crippen molar-refractivity contribution in [2.75, 3.05) is 6.54 Å². The van der Waals surface area contributed by atoms with E-state index in [-0.39, 0.29) is 5.91 Å². The molecule has 1 amide bonds. The number of halogens is 2. The van der Waals surface area contributed by atoms with Crippen LogP contribution in [0.3, 0.4) is 0 Å².